The summed E-state index contributed by atoms with van der Waals surface area (Å²) in [4.78, 5) is 32.4. The zero-order valence-corrected chi connectivity index (χ0v) is 19.5. The van der Waals surface area contributed by atoms with Crippen molar-refractivity contribution in [3.63, 3.8) is 0 Å². The number of pyridine rings is 1. The van der Waals surface area contributed by atoms with Crippen LogP contribution in [0.25, 0.3) is 0 Å². The topological polar surface area (TPSA) is 136 Å². The second-order valence-electron chi connectivity index (χ2n) is 8.86. The second kappa shape index (κ2) is 8.29. The maximum Gasteiger partial charge on any atom is 0.410 e. The molecule has 2 aliphatic rings. The van der Waals surface area contributed by atoms with Crippen molar-refractivity contribution in [3.05, 3.63) is 59.4 Å². The molecule has 1 aromatic heterocycles. The molecule has 0 aliphatic carbocycles. The SMILES string of the molecule is CC1(C)C(NC(=O)O)=N[C@](C)(c2cc(NC(=O)c3ccc(F)cn3)ccc2F)[C@@H]2CCNS21O. The maximum atomic E-state index is 15.2. The molecular weight excluding hydrogens is 468 g/mol. The Morgan fingerprint density at radius 3 is 2.56 bits per heavy atom. The molecule has 3 atom stereocenters. The Kier molecular flexibility index (Phi) is 5.86. The lowest BCUT2D eigenvalue weighted by molar-refractivity contribution is 0.102. The quantitative estimate of drug-likeness (QED) is 0.441. The third-order valence-corrected chi connectivity index (χ3v) is 10.3. The third kappa shape index (κ3) is 3.81. The number of aromatic nitrogens is 1. The lowest BCUT2D eigenvalue weighted by Crippen LogP contribution is -2.59. The number of benzene rings is 1. The Bertz CT molecular complexity index is 1190. The number of aliphatic imine (C=N–C) groups is 1. The van der Waals surface area contributed by atoms with Gasteiger partial charge in [-0.15, -0.1) is 0 Å². The summed E-state index contributed by atoms with van der Waals surface area (Å²) in [5.74, 6) is -1.80. The van der Waals surface area contributed by atoms with Gasteiger partial charge in [-0.05, 0) is 57.5 Å². The number of rotatable bonds is 3. The fourth-order valence-electron chi connectivity index (χ4n) is 4.56. The fourth-order valence-corrected chi connectivity index (χ4v) is 7.96. The van der Waals surface area contributed by atoms with Crippen LogP contribution in [0.2, 0.25) is 0 Å². The first-order valence-electron chi connectivity index (χ1n) is 10.5. The molecule has 1 fully saturated rings. The third-order valence-electron chi connectivity index (χ3n) is 6.41. The number of nitrogens with one attached hydrogen (secondary N) is 3. The van der Waals surface area contributed by atoms with Gasteiger partial charge >= 0.3 is 6.09 Å². The van der Waals surface area contributed by atoms with Crippen molar-refractivity contribution < 1.29 is 28.0 Å². The van der Waals surface area contributed by atoms with E-state index in [-0.39, 0.29) is 22.8 Å². The van der Waals surface area contributed by atoms with E-state index in [9.17, 15) is 23.6 Å². The normalized spacial score (nSPS) is 29.4. The molecule has 2 aliphatic heterocycles. The van der Waals surface area contributed by atoms with E-state index < -0.39 is 49.7 Å². The summed E-state index contributed by atoms with van der Waals surface area (Å²) in [7, 11) is -2.68. The van der Waals surface area contributed by atoms with Crippen LogP contribution in [0.3, 0.4) is 0 Å². The number of hydrogen-bond donors (Lipinski definition) is 5. The van der Waals surface area contributed by atoms with Gasteiger partial charge in [-0.3, -0.25) is 19.8 Å². The molecule has 1 aromatic carbocycles. The molecule has 2 aromatic rings. The highest BCUT2D eigenvalue weighted by Gasteiger charge is 2.61. The van der Waals surface area contributed by atoms with Crippen LogP contribution in [0.4, 0.5) is 19.3 Å². The van der Waals surface area contributed by atoms with E-state index >= 15 is 4.39 Å². The molecule has 5 N–H and O–H groups in total. The molecular formula is C22H25F2N5O4S. The van der Waals surface area contributed by atoms with Crippen LogP contribution in [0, 0.1) is 11.6 Å². The van der Waals surface area contributed by atoms with Crippen LogP contribution >= 0.6 is 10.5 Å². The van der Waals surface area contributed by atoms with Gasteiger partial charge in [0.1, 0.15) is 28.7 Å². The number of carbonyl (C=O) groups excluding carboxylic acids is 1. The predicted molar refractivity (Wildman–Crippen MR) is 125 cm³/mol. The Morgan fingerprint density at radius 2 is 1.91 bits per heavy atom. The van der Waals surface area contributed by atoms with Crippen molar-refractivity contribution in [1.82, 2.24) is 15.0 Å². The first-order chi connectivity index (χ1) is 15.9. The van der Waals surface area contributed by atoms with E-state index in [2.05, 4.69) is 25.3 Å². The summed E-state index contributed by atoms with van der Waals surface area (Å²) in [5.41, 5.74) is -1.02. The van der Waals surface area contributed by atoms with Gasteiger partial charge in [-0.25, -0.2) is 18.6 Å². The summed E-state index contributed by atoms with van der Waals surface area (Å²) in [6, 6.07) is 6.27. The van der Waals surface area contributed by atoms with Gasteiger partial charge in [0.25, 0.3) is 5.91 Å². The number of anilines is 1. The molecule has 2 amide bonds. The number of amidine groups is 1. The zero-order valence-electron chi connectivity index (χ0n) is 18.7. The van der Waals surface area contributed by atoms with E-state index in [1.165, 1.54) is 24.3 Å². The average Bonchev–Trinajstić information content (AvgIpc) is 3.18. The van der Waals surface area contributed by atoms with Crippen LogP contribution < -0.4 is 15.4 Å². The summed E-state index contributed by atoms with van der Waals surface area (Å²) >= 11 is 0. The molecule has 0 radical (unpaired) electrons. The van der Waals surface area contributed by atoms with Gasteiger partial charge in [0, 0.05) is 17.8 Å². The summed E-state index contributed by atoms with van der Waals surface area (Å²) in [6.45, 7) is 5.50. The highest BCUT2D eigenvalue weighted by atomic mass is 32.3. The summed E-state index contributed by atoms with van der Waals surface area (Å²) < 4.78 is 42.1. The standard InChI is InChI=1S/C22H25F2N5O4S/c1-21(2)19(28-20(31)32)29-22(3,17-8-9-26-34(17,21)33)14-10-13(5-6-15(14)24)27-18(30)16-7-4-12(23)11-25-16/h4-7,10-11,17,26,33H,8-9H2,1-3H3,(H,27,30)(H,28,29)(H,31,32)/t17-,22+/m0/s1. The van der Waals surface area contributed by atoms with Gasteiger partial charge in [0.2, 0.25) is 0 Å². The lowest BCUT2D eigenvalue weighted by Gasteiger charge is -2.56. The minimum absolute atomic E-state index is 0.0231. The smallest absolute Gasteiger partial charge is 0.410 e. The molecule has 4 rings (SSSR count). The molecule has 1 unspecified atom stereocenters. The molecule has 9 nitrogen and oxygen atoms in total. The van der Waals surface area contributed by atoms with Crippen LogP contribution in [0.1, 0.15) is 43.2 Å². The lowest BCUT2D eigenvalue weighted by atomic mass is 9.85. The van der Waals surface area contributed by atoms with Gasteiger partial charge < -0.3 is 15.0 Å². The van der Waals surface area contributed by atoms with E-state index in [1.807, 2.05) is 0 Å². The number of carboxylic acid groups (broad SMARTS) is 1. The zero-order chi connectivity index (χ0) is 24.9. The van der Waals surface area contributed by atoms with Crippen molar-refractivity contribution in [2.45, 2.75) is 42.7 Å². The van der Waals surface area contributed by atoms with Crippen molar-refractivity contribution in [2.75, 3.05) is 11.9 Å². The molecule has 0 bridgehead atoms. The van der Waals surface area contributed by atoms with Gasteiger partial charge in [-0.2, -0.15) is 0 Å². The minimum Gasteiger partial charge on any atom is -0.465 e. The van der Waals surface area contributed by atoms with Crippen LogP contribution in [0.5, 0.6) is 0 Å². The Labute approximate surface area is 196 Å². The number of carbonyl (C=O) groups is 2. The van der Waals surface area contributed by atoms with Crippen molar-refractivity contribution in [2.24, 2.45) is 4.99 Å². The van der Waals surface area contributed by atoms with Crippen LogP contribution in [-0.4, -0.2) is 49.0 Å². The van der Waals surface area contributed by atoms with Crippen molar-refractivity contribution in [1.29, 1.82) is 0 Å². The molecule has 34 heavy (non-hydrogen) atoms. The first-order valence-corrected chi connectivity index (χ1v) is 12.2. The van der Waals surface area contributed by atoms with Crippen molar-refractivity contribution in [3.8, 4) is 0 Å². The molecule has 12 heteroatoms. The first kappa shape index (κ1) is 24.0. The number of halogens is 2. The van der Waals surface area contributed by atoms with Gasteiger partial charge in [-0.1, -0.05) is 10.5 Å². The molecule has 1 saturated heterocycles. The van der Waals surface area contributed by atoms with E-state index in [0.29, 0.717) is 13.0 Å². The molecule has 0 spiro atoms. The average molecular weight is 494 g/mol. The number of hydrogen-bond acceptors (Lipinski definition) is 6. The Hall–Kier alpha value is -3.09. The summed E-state index contributed by atoms with van der Waals surface area (Å²) in [6.07, 6.45) is 0.0607. The van der Waals surface area contributed by atoms with E-state index in [0.717, 1.165) is 12.3 Å². The molecule has 182 valence electrons. The highest BCUT2D eigenvalue weighted by Crippen LogP contribution is 2.67. The highest BCUT2D eigenvalue weighted by molar-refractivity contribution is 8.29. The van der Waals surface area contributed by atoms with Crippen LogP contribution in [-0.2, 0) is 5.54 Å². The Balaban J connectivity index is 1.78. The predicted octanol–water partition coefficient (Wildman–Crippen LogP) is 3.84. The second-order valence-corrected chi connectivity index (χ2v) is 12.0. The molecule has 3 heterocycles. The number of fused-ring (bicyclic) bond motifs is 1. The van der Waals surface area contributed by atoms with Gasteiger partial charge in [0.15, 0.2) is 0 Å². The molecule has 0 saturated carbocycles. The summed E-state index contributed by atoms with van der Waals surface area (Å²) in [5, 5.41) is 13.7. The van der Waals surface area contributed by atoms with E-state index in [4.69, 9.17) is 0 Å². The van der Waals surface area contributed by atoms with Gasteiger partial charge in [0.05, 0.1) is 16.2 Å². The largest absolute Gasteiger partial charge is 0.465 e. The number of nitrogens with zero attached hydrogens (tertiary/aromatic N) is 2. The fraction of sp³-hybridized carbons (Fsp3) is 0.364. The Morgan fingerprint density at radius 1 is 1.18 bits per heavy atom. The number of amides is 2. The van der Waals surface area contributed by atoms with Crippen LogP contribution in [0.15, 0.2) is 41.5 Å². The minimum atomic E-state index is -2.68. The maximum absolute atomic E-state index is 15.2. The monoisotopic (exact) mass is 493 g/mol. The van der Waals surface area contributed by atoms with E-state index in [1.54, 1.807) is 20.8 Å². The van der Waals surface area contributed by atoms with Crippen molar-refractivity contribution >= 4 is 34.0 Å².